The zero-order chi connectivity index (χ0) is 15.6. The molecule has 0 amide bonds. The van der Waals surface area contributed by atoms with Gasteiger partial charge in [-0.1, -0.05) is 38.1 Å². The van der Waals surface area contributed by atoms with Crippen LogP contribution < -0.4 is 5.73 Å². The van der Waals surface area contributed by atoms with Crippen molar-refractivity contribution in [1.29, 1.82) is 0 Å². The van der Waals surface area contributed by atoms with Gasteiger partial charge in [-0.2, -0.15) is 0 Å². The molecule has 3 N–H and O–H groups in total. The summed E-state index contributed by atoms with van der Waals surface area (Å²) >= 11 is 8.46. The number of benzene rings is 1. The maximum absolute atomic E-state index is 10.6. The minimum Gasteiger partial charge on any atom is -0.387 e. The van der Waals surface area contributed by atoms with Crippen LogP contribution in [0.5, 0.6) is 0 Å². The number of halogens is 2. The van der Waals surface area contributed by atoms with Crippen molar-refractivity contribution >= 4 is 43.2 Å². The molecule has 0 aliphatic carbocycles. The van der Waals surface area contributed by atoms with Crippen LogP contribution in [-0.2, 0) is 0 Å². The van der Waals surface area contributed by atoms with Crippen LogP contribution in [0, 0.1) is 0 Å². The van der Waals surface area contributed by atoms with E-state index in [1.807, 2.05) is 6.07 Å². The Morgan fingerprint density at radius 1 is 1.14 bits per heavy atom. The van der Waals surface area contributed by atoms with Gasteiger partial charge in [0.25, 0.3) is 0 Å². The van der Waals surface area contributed by atoms with Gasteiger partial charge < -0.3 is 10.8 Å². The highest BCUT2D eigenvalue weighted by Gasteiger charge is 2.24. The first-order chi connectivity index (χ1) is 9.93. The standard InChI is InChI=1S/C16H19Br2NOS/c1-9(2)10-3-5-11(6-4-10)12(8-19)15(20)14-7-13(17)16(18)21-14/h3-7,9,12,15,20H,8,19H2,1-2H3. The van der Waals surface area contributed by atoms with E-state index in [1.165, 1.54) is 16.9 Å². The molecule has 0 spiro atoms. The lowest BCUT2D eigenvalue weighted by molar-refractivity contribution is 0.151. The van der Waals surface area contributed by atoms with E-state index in [1.54, 1.807) is 0 Å². The summed E-state index contributed by atoms with van der Waals surface area (Å²) in [6, 6.07) is 10.3. The van der Waals surface area contributed by atoms with Gasteiger partial charge in [-0.05, 0) is 55.0 Å². The Kier molecular flexibility index (Phi) is 6.03. The van der Waals surface area contributed by atoms with Crippen molar-refractivity contribution in [2.24, 2.45) is 5.73 Å². The minimum atomic E-state index is -0.590. The van der Waals surface area contributed by atoms with Crippen molar-refractivity contribution < 1.29 is 5.11 Å². The van der Waals surface area contributed by atoms with E-state index in [9.17, 15) is 5.11 Å². The molecular weight excluding hydrogens is 414 g/mol. The second kappa shape index (κ2) is 7.38. The SMILES string of the molecule is CC(C)c1ccc(C(CN)C(O)c2cc(Br)c(Br)s2)cc1. The number of rotatable bonds is 5. The van der Waals surface area contributed by atoms with Gasteiger partial charge in [0, 0.05) is 21.8 Å². The molecule has 0 aliphatic rings. The van der Waals surface area contributed by atoms with Gasteiger partial charge in [0.1, 0.15) is 0 Å². The maximum Gasteiger partial charge on any atom is 0.0963 e. The number of aliphatic hydroxyl groups is 1. The summed E-state index contributed by atoms with van der Waals surface area (Å²) in [5.41, 5.74) is 8.28. The third-order valence-corrected chi connectivity index (χ3v) is 6.95. The molecule has 2 atom stereocenters. The Morgan fingerprint density at radius 2 is 1.71 bits per heavy atom. The average molecular weight is 433 g/mol. The highest BCUT2D eigenvalue weighted by molar-refractivity contribution is 9.13. The number of hydrogen-bond acceptors (Lipinski definition) is 3. The van der Waals surface area contributed by atoms with E-state index in [0.717, 1.165) is 18.7 Å². The molecule has 1 aromatic carbocycles. The molecule has 0 radical (unpaired) electrons. The highest BCUT2D eigenvalue weighted by Crippen LogP contribution is 2.40. The van der Waals surface area contributed by atoms with Gasteiger partial charge in [-0.25, -0.2) is 0 Å². The molecule has 0 aliphatic heterocycles. The molecule has 0 saturated carbocycles. The normalized spacial score (nSPS) is 14.4. The first kappa shape index (κ1) is 17.2. The van der Waals surface area contributed by atoms with Crippen LogP contribution in [0.25, 0.3) is 0 Å². The second-order valence-corrected chi connectivity index (χ2v) is 8.63. The Balaban J connectivity index is 2.26. The average Bonchev–Trinajstić information content (AvgIpc) is 2.80. The number of thiophene rings is 1. The van der Waals surface area contributed by atoms with Crippen LogP contribution in [0.4, 0.5) is 0 Å². The molecule has 0 fully saturated rings. The van der Waals surface area contributed by atoms with Crippen molar-refractivity contribution in [3.63, 3.8) is 0 Å². The Labute approximate surface area is 146 Å². The molecule has 2 unspecified atom stereocenters. The Morgan fingerprint density at radius 3 is 2.14 bits per heavy atom. The van der Waals surface area contributed by atoms with E-state index in [2.05, 4.69) is 70.0 Å². The fourth-order valence-electron chi connectivity index (χ4n) is 2.28. The van der Waals surface area contributed by atoms with Gasteiger partial charge in [-0.15, -0.1) is 11.3 Å². The van der Waals surface area contributed by atoms with Crippen molar-refractivity contribution in [2.75, 3.05) is 6.54 Å². The Hall–Kier alpha value is -0.200. The van der Waals surface area contributed by atoms with E-state index >= 15 is 0 Å². The van der Waals surface area contributed by atoms with E-state index in [-0.39, 0.29) is 5.92 Å². The molecule has 2 nitrogen and oxygen atoms in total. The van der Waals surface area contributed by atoms with Crippen LogP contribution in [0.2, 0.25) is 0 Å². The molecule has 114 valence electrons. The number of aliphatic hydroxyl groups excluding tert-OH is 1. The summed E-state index contributed by atoms with van der Waals surface area (Å²) < 4.78 is 1.95. The van der Waals surface area contributed by atoms with Crippen LogP contribution in [0.15, 0.2) is 38.6 Å². The quantitative estimate of drug-likeness (QED) is 0.684. The van der Waals surface area contributed by atoms with E-state index in [4.69, 9.17) is 5.73 Å². The summed E-state index contributed by atoms with van der Waals surface area (Å²) in [4.78, 5) is 0.914. The fourth-order valence-corrected chi connectivity index (χ4v) is 4.42. The molecule has 1 heterocycles. The third-order valence-electron chi connectivity index (χ3n) is 3.62. The first-order valence-electron chi connectivity index (χ1n) is 6.86. The molecule has 5 heteroatoms. The summed E-state index contributed by atoms with van der Waals surface area (Å²) in [5, 5.41) is 10.6. The minimum absolute atomic E-state index is 0.0938. The van der Waals surface area contributed by atoms with Crippen molar-refractivity contribution in [3.05, 3.63) is 54.6 Å². The smallest absolute Gasteiger partial charge is 0.0963 e. The lowest BCUT2D eigenvalue weighted by Gasteiger charge is -2.21. The van der Waals surface area contributed by atoms with E-state index in [0.29, 0.717) is 12.5 Å². The topological polar surface area (TPSA) is 46.2 Å². The Bertz CT molecular complexity index is 575. The summed E-state index contributed by atoms with van der Waals surface area (Å²) in [5.74, 6) is 0.410. The lowest BCUT2D eigenvalue weighted by atomic mass is 9.90. The van der Waals surface area contributed by atoms with Gasteiger partial charge in [0.05, 0.1) is 9.89 Å². The van der Waals surface area contributed by atoms with Crippen LogP contribution in [0.1, 0.15) is 47.8 Å². The highest BCUT2D eigenvalue weighted by atomic mass is 79.9. The zero-order valence-electron chi connectivity index (χ0n) is 12.0. The van der Waals surface area contributed by atoms with Crippen LogP contribution in [-0.4, -0.2) is 11.7 Å². The predicted molar refractivity (Wildman–Crippen MR) is 97.0 cm³/mol. The van der Waals surface area contributed by atoms with Crippen LogP contribution >= 0.6 is 43.2 Å². The van der Waals surface area contributed by atoms with Crippen molar-refractivity contribution in [3.8, 4) is 0 Å². The molecule has 0 saturated heterocycles. The van der Waals surface area contributed by atoms with Crippen molar-refractivity contribution in [1.82, 2.24) is 0 Å². The van der Waals surface area contributed by atoms with Gasteiger partial charge >= 0.3 is 0 Å². The molecular formula is C16H19Br2NOS. The second-order valence-electron chi connectivity index (χ2n) is 5.38. The summed E-state index contributed by atoms with van der Waals surface area (Å²) in [6.45, 7) is 4.76. The fraction of sp³-hybridized carbons (Fsp3) is 0.375. The third kappa shape index (κ3) is 3.96. The van der Waals surface area contributed by atoms with Crippen LogP contribution in [0.3, 0.4) is 0 Å². The molecule has 2 rings (SSSR count). The molecule has 2 aromatic rings. The largest absolute Gasteiger partial charge is 0.387 e. The molecule has 1 aromatic heterocycles. The predicted octanol–water partition coefficient (Wildman–Crippen LogP) is 5.17. The van der Waals surface area contributed by atoms with Gasteiger partial charge in [0.15, 0.2) is 0 Å². The first-order valence-corrected chi connectivity index (χ1v) is 9.27. The van der Waals surface area contributed by atoms with E-state index < -0.39 is 6.10 Å². The van der Waals surface area contributed by atoms with Gasteiger partial charge in [-0.3, -0.25) is 0 Å². The van der Waals surface area contributed by atoms with Crippen molar-refractivity contribution in [2.45, 2.75) is 31.8 Å². The summed E-state index contributed by atoms with van der Waals surface area (Å²) in [6.07, 6.45) is -0.590. The zero-order valence-corrected chi connectivity index (χ0v) is 16.0. The lowest BCUT2D eigenvalue weighted by Crippen LogP contribution is -2.19. The number of hydrogen-bond donors (Lipinski definition) is 2. The number of nitrogens with two attached hydrogens (primary N) is 1. The maximum atomic E-state index is 10.6. The van der Waals surface area contributed by atoms with Gasteiger partial charge in [0.2, 0.25) is 0 Å². The monoisotopic (exact) mass is 431 g/mol. The molecule has 0 bridgehead atoms. The summed E-state index contributed by atoms with van der Waals surface area (Å²) in [7, 11) is 0. The molecule has 21 heavy (non-hydrogen) atoms.